The van der Waals surface area contributed by atoms with Crippen molar-refractivity contribution in [3.8, 4) is 0 Å². The van der Waals surface area contributed by atoms with Crippen LogP contribution in [0.25, 0.3) is 0 Å². The third kappa shape index (κ3) is 5.23. The van der Waals surface area contributed by atoms with Gasteiger partial charge in [-0.05, 0) is 24.4 Å². The summed E-state index contributed by atoms with van der Waals surface area (Å²) in [6.07, 6.45) is 1.45. The van der Waals surface area contributed by atoms with Gasteiger partial charge in [0.15, 0.2) is 0 Å². The van der Waals surface area contributed by atoms with Crippen LogP contribution in [0, 0.1) is 6.92 Å². The Hall–Kier alpha value is -1.73. The SMILES string of the molecule is Cc1occc1C(=O)NCC(=O)NCCSCc1cccs1. The molecule has 0 radical (unpaired) electrons. The average Bonchev–Trinajstić information content (AvgIpc) is 3.16. The van der Waals surface area contributed by atoms with E-state index >= 15 is 0 Å². The van der Waals surface area contributed by atoms with Crippen LogP contribution in [-0.2, 0) is 10.5 Å². The van der Waals surface area contributed by atoms with Gasteiger partial charge in [0.2, 0.25) is 5.91 Å². The van der Waals surface area contributed by atoms with E-state index in [0.29, 0.717) is 17.9 Å². The van der Waals surface area contributed by atoms with E-state index in [4.69, 9.17) is 4.42 Å². The number of nitrogens with one attached hydrogen (secondary N) is 2. The second kappa shape index (κ2) is 8.65. The fourth-order valence-corrected chi connectivity index (χ4v) is 3.47. The van der Waals surface area contributed by atoms with Crippen molar-refractivity contribution < 1.29 is 14.0 Å². The molecule has 118 valence electrons. The summed E-state index contributed by atoms with van der Waals surface area (Å²) < 4.78 is 5.05. The molecule has 2 amide bonds. The molecule has 22 heavy (non-hydrogen) atoms. The molecule has 0 fully saturated rings. The lowest BCUT2D eigenvalue weighted by Crippen LogP contribution is -2.37. The number of thiophene rings is 1. The normalized spacial score (nSPS) is 10.4. The predicted molar refractivity (Wildman–Crippen MR) is 89.3 cm³/mol. The number of hydrogen-bond donors (Lipinski definition) is 2. The maximum atomic E-state index is 11.8. The third-order valence-corrected chi connectivity index (χ3v) is 4.97. The monoisotopic (exact) mass is 338 g/mol. The molecule has 0 unspecified atom stereocenters. The summed E-state index contributed by atoms with van der Waals surface area (Å²) in [6.45, 7) is 2.27. The zero-order valence-electron chi connectivity index (χ0n) is 12.3. The van der Waals surface area contributed by atoms with E-state index < -0.39 is 0 Å². The second-order valence-electron chi connectivity index (χ2n) is 4.56. The van der Waals surface area contributed by atoms with Crippen LogP contribution in [0.15, 0.2) is 34.3 Å². The van der Waals surface area contributed by atoms with Crippen molar-refractivity contribution in [1.82, 2.24) is 10.6 Å². The van der Waals surface area contributed by atoms with Crippen molar-refractivity contribution in [2.75, 3.05) is 18.8 Å². The number of thioether (sulfide) groups is 1. The van der Waals surface area contributed by atoms with Crippen LogP contribution in [0.5, 0.6) is 0 Å². The molecule has 0 saturated heterocycles. The van der Waals surface area contributed by atoms with Crippen molar-refractivity contribution in [3.63, 3.8) is 0 Å². The molecule has 2 heterocycles. The van der Waals surface area contributed by atoms with E-state index in [1.807, 2.05) is 6.07 Å². The smallest absolute Gasteiger partial charge is 0.255 e. The van der Waals surface area contributed by atoms with Crippen molar-refractivity contribution in [1.29, 1.82) is 0 Å². The summed E-state index contributed by atoms with van der Waals surface area (Å²) in [5, 5.41) is 7.41. The van der Waals surface area contributed by atoms with Crippen LogP contribution in [-0.4, -0.2) is 30.7 Å². The Morgan fingerprint density at radius 1 is 1.32 bits per heavy atom. The van der Waals surface area contributed by atoms with Gasteiger partial charge in [-0.15, -0.1) is 11.3 Å². The molecule has 7 heteroatoms. The summed E-state index contributed by atoms with van der Waals surface area (Å²) in [4.78, 5) is 24.8. The highest BCUT2D eigenvalue weighted by Crippen LogP contribution is 2.16. The third-order valence-electron chi connectivity index (χ3n) is 2.91. The fourth-order valence-electron chi connectivity index (χ4n) is 1.77. The van der Waals surface area contributed by atoms with Crippen LogP contribution in [0.1, 0.15) is 21.0 Å². The molecule has 2 aromatic heterocycles. The highest BCUT2D eigenvalue weighted by Gasteiger charge is 2.12. The van der Waals surface area contributed by atoms with Gasteiger partial charge in [-0.25, -0.2) is 0 Å². The first-order valence-corrected chi connectivity index (χ1v) is 8.89. The minimum absolute atomic E-state index is 0.0287. The Kier molecular flexibility index (Phi) is 6.54. The van der Waals surface area contributed by atoms with Crippen molar-refractivity contribution >= 4 is 34.9 Å². The summed E-state index contributed by atoms with van der Waals surface area (Å²) in [5.74, 6) is 1.87. The molecule has 0 spiro atoms. The molecule has 2 N–H and O–H groups in total. The van der Waals surface area contributed by atoms with Crippen LogP contribution < -0.4 is 10.6 Å². The zero-order chi connectivity index (χ0) is 15.8. The van der Waals surface area contributed by atoms with Gasteiger partial charge < -0.3 is 15.1 Å². The molecule has 0 bridgehead atoms. The summed E-state index contributed by atoms with van der Waals surface area (Å²) in [6, 6.07) is 5.72. The lowest BCUT2D eigenvalue weighted by molar-refractivity contribution is -0.120. The second-order valence-corrected chi connectivity index (χ2v) is 6.69. The molecule has 2 rings (SSSR count). The molecule has 0 saturated carbocycles. The summed E-state index contributed by atoms with van der Waals surface area (Å²) >= 11 is 3.51. The number of carbonyl (C=O) groups excluding carboxylic acids is 2. The van der Waals surface area contributed by atoms with Crippen LogP contribution in [0.4, 0.5) is 0 Å². The predicted octanol–water partition coefficient (Wildman–Crippen LogP) is 2.43. The van der Waals surface area contributed by atoms with Gasteiger partial charge in [0, 0.05) is 22.9 Å². The van der Waals surface area contributed by atoms with Gasteiger partial charge in [0.1, 0.15) is 5.76 Å². The molecule has 5 nitrogen and oxygen atoms in total. The van der Waals surface area contributed by atoms with E-state index in [-0.39, 0.29) is 18.4 Å². The number of furan rings is 1. The number of aryl methyl sites for hydroxylation is 1. The minimum Gasteiger partial charge on any atom is -0.469 e. The highest BCUT2D eigenvalue weighted by molar-refractivity contribution is 7.98. The van der Waals surface area contributed by atoms with E-state index in [1.54, 1.807) is 36.1 Å². The molecular formula is C15H18N2O3S2. The Balaban J connectivity index is 1.56. The maximum Gasteiger partial charge on any atom is 0.255 e. The number of rotatable bonds is 8. The summed E-state index contributed by atoms with van der Waals surface area (Å²) in [7, 11) is 0. The lowest BCUT2D eigenvalue weighted by Gasteiger charge is -2.06. The topological polar surface area (TPSA) is 71.3 Å². The van der Waals surface area contributed by atoms with Gasteiger partial charge in [0.25, 0.3) is 5.91 Å². The van der Waals surface area contributed by atoms with Gasteiger partial charge >= 0.3 is 0 Å². The minimum atomic E-state index is -0.298. The van der Waals surface area contributed by atoms with Gasteiger partial charge in [-0.1, -0.05) is 6.07 Å². The quantitative estimate of drug-likeness (QED) is 0.725. The maximum absolute atomic E-state index is 11.8. The van der Waals surface area contributed by atoms with Gasteiger partial charge in [0.05, 0.1) is 18.4 Å². The first-order valence-electron chi connectivity index (χ1n) is 6.86. The first-order chi connectivity index (χ1) is 10.7. The van der Waals surface area contributed by atoms with Crippen molar-refractivity contribution in [2.45, 2.75) is 12.7 Å². The van der Waals surface area contributed by atoms with E-state index in [2.05, 4.69) is 22.1 Å². The van der Waals surface area contributed by atoms with Crippen LogP contribution in [0.3, 0.4) is 0 Å². The Morgan fingerprint density at radius 3 is 2.86 bits per heavy atom. The molecule has 2 aromatic rings. The van der Waals surface area contributed by atoms with Crippen molar-refractivity contribution in [3.05, 3.63) is 46.0 Å². The zero-order valence-corrected chi connectivity index (χ0v) is 13.9. The molecule has 0 aromatic carbocycles. The number of carbonyl (C=O) groups is 2. The van der Waals surface area contributed by atoms with Crippen molar-refractivity contribution in [2.24, 2.45) is 0 Å². The Bertz CT molecular complexity index is 608. The van der Waals surface area contributed by atoms with Gasteiger partial charge in [-0.3, -0.25) is 9.59 Å². The number of amides is 2. The van der Waals surface area contributed by atoms with E-state index in [0.717, 1.165) is 11.5 Å². The lowest BCUT2D eigenvalue weighted by atomic mass is 10.2. The summed E-state index contributed by atoms with van der Waals surface area (Å²) in [5.41, 5.74) is 0.458. The number of hydrogen-bond acceptors (Lipinski definition) is 5. The molecular weight excluding hydrogens is 320 g/mol. The molecule has 0 atom stereocenters. The average molecular weight is 338 g/mol. The van der Waals surface area contributed by atoms with E-state index in [9.17, 15) is 9.59 Å². The Labute approximate surface area is 137 Å². The van der Waals surface area contributed by atoms with Crippen LogP contribution >= 0.6 is 23.1 Å². The largest absolute Gasteiger partial charge is 0.469 e. The van der Waals surface area contributed by atoms with E-state index in [1.165, 1.54) is 11.1 Å². The molecule has 0 aliphatic rings. The van der Waals surface area contributed by atoms with Gasteiger partial charge in [-0.2, -0.15) is 11.8 Å². The molecule has 0 aliphatic heterocycles. The standard InChI is InChI=1S/C15H18N2O3S2/c1-11-13(4-6-20-11)15(19)17-9-14(18)16-5-8-21-10-12-3-2-7-22-12/h2-4,6-7H,5,8-10H2,1H3,(H,16,18)(H,17,19). The Morgan fingerprint density at radius 2 is 2.18 bits per heavy atom. The van der Waals surface area contributed by atoms with Crippen LogP contribution in [0.2, 0.25) is 0 Å². The molecule has 0 aliphatic carbocycles. The first kappa shape index (κ1) is 16.6. The highest BCUT2D eigenvalue weighted by atomic mass is 32.2. The fraction of sp³-hybridized carbons (Fsp3) is 0.333.